The van der Waals surface area contributed by atoms with Crippen molar-refractivity contribution in [3.63, 3.8) is 0 Å². The quantitative estimate of drug-likeness (QED) is 0.592. The van der Waals surface area contributed by atoms with Gasteiger partial charge in [-0.05, 0) is 68.2 Å². The van der Waals surface area contributed by atoms with E-state index >= 15 is 0 Å². The zero-order valence-corrected chi connectivity index (χ0v) is 19.2. The number of benzene rings is 1. The summed E-state index contributed by atoms with van der Waals surface area (Å²) in [7, 11) is 1.78. The number of amides is 1. The number of carbonyl (C=O) groups excluding carboxylic acids is 1. The highest BCUT2D eigenvalue weighted by atomic mass is 35.5. The highest BCUT2D eigenvalue weighted by Crippen LogP contribution is 2.56. The lowest BCUT2D eigenvalue weighted by atomic mass is 9.91. The third-order valence-electron chi connectivity index (χ3n) is 6.98. The Morgan fingerprint density at radius 1 is 1.21 bits per heavy atom. The van der Waals surface area contributed by atoms with Gasteiger partial charge in [-0.25, -0.2) is 19.3 Å². The molecule has 0 aliphatic heterocycles. The molecule has 2 aliphatic carbocycles. The molecule has 1 aromatic carbocycles. The topological polar surface area (TPSA) is 92.9 Å². The van der Waals surface area contributed by atoms with Crippen molar-refractivity contribution < 1.29 is 14.3 Å². The minimum Gasteiger partial charge on any atom is -0.382 e. The summed E-state index contributed by atoms with van der Waals surface area (Å²) in [4.78, 5) is 26.4. The molecular weight excluding hydrogens is 445 g/mol. The van der Waals surface area contributed by atoms with Gasteiger partial charge in [0.15, 0.2) is 5.82 Å². The molecule has 172 valence electrons. The first-order valence-corrected chi connectivity index (χ1v) is 11.4. The maximum Gasteiger partial charge on any atom is 0.274 e. The molecule has 2 saturated carbocycles. The van der Waals surface area contributed by atoms with Crippen LogP contribution in [0.3, 0.4) is 0 Å². The number of anilines is 1. The summed E-state index contributed by atoms with van der Waals surface area (Å²) in [5.41, 5.74) is 1.62. The van der Waals surface area contributed by atoms with Crippen molar-refractivity contribution >= 4 is 23.2 Å². The van der Waals surface area contributed by atoms with Crippen LogP contribution in [0, 0.1) is 24.6 Å². The molecule has 2 N–H and O–H groups in total. The van der Waals surface area contributed by atoms with E-state index in [1.807, 2.05) is 6.92 Å². The zero-order valence-electron chi connectivity index (χ0n) is 18.4. The summed E-state index contributed by atoms with van der Waals surface area (Å²) < 4.78 is 15.2. The zero-order chi connectivity index (χ0) is 23.3. The van der Waals surface area contributed by atoms with Gasteiger partial charge < -0.3 is 15.0 Å². The second-order valence-corrected chi connectivity index (χ2v) is 9.79. The molecule has 9 heteroatoms. The summed E-state index contributed by atoms with van der Waals surface area (Å²) in [5.74, 6) is 0.410. The Bertz CT molecular complexity index is 1200. The van der Waals surface area contributed by atoms with Crippen molar-refractivity contribution in [2.75, 3.05) is 5.32 Å². The predicted octanol–water partition coefficient (Wildman–Crippen LogP) is 4.35. The summed E-state index contributed by atoms with van der Waals surface area (Å²) >= 11 is 5.84. The maximum atomic E-state index is 13.5. The monoisotopic (exact) mass is 469 g/mol. The third kappa shape index (κ3) is 4.02. The summed E-state index contributed by atoms with van der Waals surface area (Å²) in [5, 5.41) is 14.0. The number of aromatic nitrogens is 4. The van der Waals surface area contributed by atoms with Crippen LogP contribution in [0.2, 0.25) is 5.02 Å². The first-order valence-electron chi connectivity index (χ1n) is 11.0. The Hall–Kier alpha value is -2.84. The van der Waals surface area contributed by atoms with E-state index in [1.165, 1.54) is 18.2 Å². The minimum atomic E-state index is -1.000. The second-order valence-electron chi connectivity index (χ2n) is 9.38. The predicted molar refractivity (Wildman–Crippen MR) is 121 cm³/mol. The van der Waals surface area contributed by atoms with Crippen LogP contribution >= 0.6 is 11.6 Å². The fourth-order valence-corrected chi connectivity index (χ4v) is 5.67. The third-order valence-corrected chi connectivity index (χ3v) is 7.27. The lowest BCUT2D eigenvalue weighted by Crippen LogP contribution is -2.26. The largest absolute Gasteiger partial charge is 0.382 e. The molecule has 7 nitrogen and oxygen atoms in total. The van der Waals surface area contributed by atoms with Gasteiger partial charge in [0.25, 0.3) is 5.91 Å². The Kier molecular flexibility index (Phi) is 5.45. The lowest BCUT2D eigenvalue weighted by molar-refractivity contribution is 0.0253. The number of imidazole rings is 1. The second kappa shape index (κ2) is 8.18. The Morgan fingerprint density at radius 2 is 1.88 bits per heavy atom. The summed E-state index contributed by atoms with van der Waals surface area (Å²) in [6, 6.07) is 4.08. The van der Waals surface area contributed by atoms with E-state index in [1.54, 1.807) is 30.3 Å². The molecule has 0 radical (unpaired) electrons. The highest BCUT2D eigenvalue weighted by molar-refractivity contribution is 6.31. The van der Waals surface area contributed by atoms with E-state index in [0.717, 1.165) is 24.1 Å². The number of nitrogens with one attached hydrogen (secondary N) is 1. The van der Waals surface area contributed by atoms with Crippen LogP contribution in [0.5, 0.6) is 0 Å². The van der Waals surface area contributed by atoms with Crippen LogP contribution in [0.4, 0.5) is 10.1 Å². The van der Waals surface area contributed by atoms with Crippen molar-refractivity contribution in [1.29, 1.82) is 0 Å². The smallest absolute Gasteiger partial charge is 0.274 e. The number of aliphatic hydroxyl groups is 1. The van der Waals surface area contributed by atoms with Gasteiger partial charge in [0.2, 0.25) is 0 Å². The van der Waals surface area contributed by atoms with E-state index in [2.05, 4.69) is 20.3 Å². The van der Waals surface area contributed by atoms with E-state index in [0.29, 0.717) is 41.9 Å². The summed E-state index contributed by atoms with van der Waals surface area (Å²) in [6.45, 7) is 1.92. The van der Waals surface area contributed by atoms with Gasteiger partial charge in [-0.2, -0.15) is 0 Å². The molecule has 3 aromatic rings. The van der Waals surface area contributed by atoms with Crippen molar-refractivity contribution in [3.05, 3.63) is 70.5 Å². The number of aryl methyl sites for hydroxylation is 2. The highest BCUT2D eigenvalue weighted by Gasteiger charge is 2.51. The van der Waals surface area contributed by atoms with Gasteiger partial charge in [0.1, 0.15) is 17.1 Å². The Labute approximate surface area is 196 Å². The van der Waals surface area contributed by atoms with E-state index < -0.39 is 11.4 Å². The molecule has 2 aliphatic rings. The van der Waals surface area contributed by atoms with E-state index in [4.69, 9.17) is 11.6 Å². The average molecular weight is 470 g/mol. The molecule has 2 unspecified atom stereocenters. The lowest BCUT2D eigenvalue weighted by Gasteiger charge is -2.23. The van der Waals surface area contributed by atoms with Crippen molar-refractivity contribution in [2.45, 2.75) is 44.1 Å². The molecule has 0 saturated heterocycles. The van der Waals surface area contributed by atoms with Crippen LogP contribution in [-0.4, -0.2) is 30.5 Å². The molecule has 33 heavy (non-hydrogen) atoms. The fourth-order valence-electron chi connectivity index (χ4n) is 5.49. The van der Waals surface area contributed by atoms with Gasteiger partial charge in [-0.1, -0.05) is 11.6 Å². The van der Waals surface area contributed by atoms with Crippen LogP contribution < -0.4 is 5.32 Å². The first kappa shape index (κ1) is 22.0. The SMILES string of the molecule is Cc1cnc(C2(O)CC3CC(c4ncn(C)c4C(=O)Nc4ccc(F)c(Cl)c4)CC3C2)nc1. The number of halogens is 2. The molecule has 5 rings (SSSR count). The molecule has 2 aromatic heterocycles. The molecule has 2 heterocycles. The van der Waals surface area contributed by atoms with E-state index in [-0.39, 0.29) is 16.8 Å². The van der Waals surface area contributed by atoms with Crippen LogP contribution in [0.25, 0.3) is 0 Å². The van der Waals surface area contributed by atoms with Crippen molar-refractivity contribution in [1.82, 2.24) is 19.5 Å². The Morgan fingerprint density at radius 3 is 2.52 bits per heavy atom. The Balaban J connectivity index is 1.32. The van der Waals surface area contributed by atoms with Crippen LogP contribution in [-0.2, 0) is 12.6 Å². The molecular formula is C24H25ClFN5O2. The van der Waals surface area contributed by atoms with Crippen LogP contribution in [0.15, 0.2) is 36.9 Å². The number of carbonyl (C=O) groups is 1. The minimum absolute atomic E-state index is 0.0494. The van der Waals surface area contributed by atoms with Gasteiger partial charge >= 0.3 is 0 Å². The van der Waals surface area contributed by atoms with Crippen LogP contribution in [0.1, 0.15) is 59.2 Å². The van der Waals surface area contributed by atoms with Gasteiger partial charge in [-0.15, -0.1) is 0 Å². The normalized spacial score (nSPS) is 26.4. The number of nitrogens with zero attached hydrogens (tertiary/aromatic N) is 4. The van der Waals surface area contributed by atoms with Gasteiger partial charge in [-0.3, -0.25) is 4.79 Å². The molecule has 2 fully saturated rings. The van der Waals surface area contributed by atoms with Gasteiger partial charge in [0.05, 0.1) is 17.0 Å². The number of fused-ring (bicyclic) bond motifs is 1. The molecule has 0 bridgehead atoms. The van der Waals surface area contributed by atoms with E-state index in [9.17, 15) is 14.3 Å². The number of hydrogen-bond donors (Lipinski definition) is 2. The molecule has 0 spiro atoms. The molecule has 1 amide bonds. The molecule has 2 atom stereocenters. The standard InChI is InChI=1S/C24H25ClFN5O2/c1-13-10-27-23(28-11-13)24(33)8-15-5-14(6-16(15)9-24)20-21(31(2)12-29-20)22(32)30-17-3-4-19(26)18(25)7-17/h3-4,7,10-12,14-16,33H,5-6,8-9H2,1-2H3,(H,30,32). The summed E-state index contributed by atoms with van der Waals surface area (Å²) in [6.07, 6.45) is 8.04. The number of hydrogen-bond acceptors (Lipinski definition) is 5. The average Bonchev–Trinajstić information content (AvgIpc) is 3.42. The maximum absolute atomic E-state index is 13.5. The first-order chi connectivity index (χ1) is 15.7. The van der Waals surface area contributed by atoms with Gasteiger partial charge in [0, 0.05) is 31.0 Å². The fraction of sp³-hybridized carbons (Fsp3) is 0.417. The van der Waals surface area contributed by atoms with Crippen molar-refractivity contribution in [2.24, 2.45) is 18.9 Å². The van der Waals surface area contributed by atoms with Crippen molar-refractivity contribution in [3.8, 4) is 0 Å². The number of rotatable bonds is 4.